The standard InChI is InChI=1S/C13H23FO4S2/c1-6-16-11(15)9(14)8-10(18-13(3,4)5)20-12(19)17-7-2/h9-10H,6-8H2,1-5H3. The van der Waals surface area contributed by atoms with Gasteiger partial charge in [0, 0.05) is 6.42 Å². The topological polar surface area (TPSA) is 44.8 Å². The highest BCUT2D eigenvalue weighted by molar-refractivity contribution is 8.22. The van der Waals surface area contributed by atoms with Crippen molar-refractivity contribution in [2.45, 2.75) is 58.2 Å². The van der Waals surface area contributed by atoms with E-state index in [1.807, 2.05) is 27.7 Å². The number of esters is 1. The van der Waals surface area contributed by atoms with Gasteiger partial charge in [-0.1, -0.05) is 0 Å². The summed E-state index contributed by atoms with van der Waals surface area (Å²) < 4.78 is 29.6. The molecule has 2 atom stereocenters. The first-order valence-electron chi connectivity index (χ1n) is 6.51. The third-order valence-corrected chi connectivity index (χ3v) is 3.18. The molecule has 0 aliphatic rings. The number of hydrogen-bond acceptors (Lipinski definition) is 6. The summed E-state index contributed by atoms with van der Waals surface area (Å²) >= 11 is 6.11. The van der Waals surface area contributed by atoms with Crippen LogP contribution in [-0.4, -0.2) is 40.8 Å². The van der Waals surface area contributed by atoms with Gasteiger partial charge in [-0.25, -0.2) is 9.18 Å². The minimum Gasteiger partial charge on any atom is -0.479 e. The molecule has 0 aliphatic heterocycles. The Labute approximate surface area is 129 Å². The van der Waals surface area contributed by atoms with Crippen LogP contribution >= 0.6 is 24.0 Å². The van der Waals surface area contributed by atoms with Crippen molar-refractivity contribution in [2.24, 2.45) is 0 Å². The molecule has 0 bridgehead atoms. The second kappa shape index (κ2) is 9.52. The van der Waals surface area contributed by atoms with E-state index in [0.717, 1.165) is 11.8 Å². The molecule has 0 aliphatic carbocycles. The summed E-state index contributed by atoms with van der Waals surface area (Å²) in [6.07, 6.45) is -1.87. The summed E-state index contributed by atoms with van der Waals surface area (Å²) in [5.41, 5.74) is -1.08. The molecule has 0 saturated carbocycles. The lowest BCUT2D eigenvalue weighted by molar-refractivity contribution is -0.150. The van der Waals surface area contributed by atoms with E-state index in [4.69, 9.17) is 21.7 Å². The third-order valence-electron chi connectivity index (χ3n) is 1.92. The first-order chi connectivity index (χ1) is 9.19. The molecule has 20 heavy (non-hydrogen) atoms. The number of thioether (sulfide) groups is 1. The van der Waals surface area contributed by atoms with Gasteiger partial charge in [0.15, 0.2) is 0 Å². The summed E-state index contributed by atoms with van der Waals surface area (Å²) in [6.45, 7) is 9.57. The van der Waals surface area contributed by atoms with Gasteiger partial charge < -0.3 is 14.2 Å². The molecular formula is C13H23FO4S2. The van der Waals surface area contributed by atoms with Gasteiger partial charge >= 0.3 is 5.97 Å². The van der Waals surface area contributed by atoms with Crippen LogP contribution in [-0.2, 0) is 19.0 Å². The molecule has 0 aromatic carbocycles. The first-order valence-corrected chi connectivity index (χ1v) is 7.80. The Morgan fingerprint density at radius 2 is 1.80 bits per heavy atom. The van der Waals surface area contributed by atoms with Crippen LogP contribution in [0.4, 0.5) is 4.39 Å². The highest BCUT2D eigenvalue weighted by Gasteiger charge is 2.29. The van der Waals surface area contributed by atoms with Gasteiger partial charge in [-0.05, 0) is 58.6 Å². The van der Waals surface area contributed by atoms with Gasteiger partial charge in [0.25, 0.3) is 0 Å². The van der Waals surface area contributed by atoms with Gasteiger partial charge in [0.1, 0.15) is 5.44 Å². The van der Waals surface area contributed by atoms with Crippen molar-refractivity contribution in [1.29, 1.82) is 0 Å². The molecule has 0 N–H and O–H groups in total. The van der Waals surface area contributed by atoms with Crippen LogP contribution in [0.1, 0.15) is 41.0 Å². The maximum Gasteiger partial charge on any atom is 0.340 e. The van der Waals surface area contributed by atoms with E-state index >= 15 is 0 Å². The van der Waals surface area contributed by atoms with Crippen LogP contribution in [0.15, 0.2) is 0 Å². The van der Waals surface area contributed by atoms with Crippen molar-refractivity contribution in [1.82, 2.24) is 0 Å². The highest BCUT2D eigenvalue weighted by Crippen LogP contribution is 2.26. The molecule has 2 unspecified atom stereocenters. The number of carbonyl (C=O) groups excluding carboxylic acids is 1. The molecular weight excluding hydrogens is 303 g/mol. The van der Waals surface area contributed by atoms with Crippen molar-refractivity contribution in [2.75, 3.05) is 13.2 Å². The minimum absolute atomic E-state index is 0.131. The number of carbonyl (C=O) groups is 1. The number of hydrogen-bond donors (Lipinski definition) is 0. The van der Waals surface area contributed by atoms with Crippen molar-refractivity contribution < 1.29 is 23.4 Å². The number of rotatable bonds is 7. The summed E-state index contributed by atoms with van der Waals surface area (Å²) in [4.78, 5) is 11.3. The van der Waals surface area contributed by atoms with Gasteiger partial charge in [-0.3, -0.25) is 0 Å². The Morgan fingerprint density at radius 1 is 1.25 bits per heavy atom. The maximum absolute atomic E-state index is 13.8. The lowest BCUT2D eigenvalue weighted by Crippen LogP contribution is -2.31. The number of alkyl halides is 1. The Hall–Kier alpha value is -0.400. The van der Waals surface area contributed by atoms with Crippen LogP contribution in [0.2, 0.25) is 0 Å². The monoisotopic (exact) mass is 326 g/mol. The van der Waals surface area contributed by atoms with Crippen LogP contribution in [0.25, 0.3) is 0 Å². The van der Waals surface area contributed by atoms with E-state index in [1.165, 1.54) is 0 Å². The van der Waals surface area contributed by atoms with Crippen molar-refractivity contribution in [3.8, 4) is 0 Å². The zero-order chi connectivity index (χ0) is 15.8. The number of halogens is 1. The summed E-state index contributed by atoms with van der Waals surface area (Å²) in [7, 11) is 0. The number of thiocarbonyl (C=S) groups is 1. The molecule has 0 heterocycles. The van der Waals surface area contributed by atoms with Crippen LogP contribution in [0.5, 0.6) is 0 Å². The molecule has 0 spiro atoms. The van der Waals surface area contributed by atoms with E-state index in [9.17, 15) is 9.18 Å². The Balaban J connectivity index is 4.59. The number of ether oxygens (including phenoxy) is 3. The second-order valence-electron chi connectivity index (χ2n) is 4.92. The SMILES string of the molecule is CCOC(=O)C(F)CC(OC(C)(C)C)SC(=S)OCC. The predicted molar refractivity (Wildman–Crippen MR) is 82.6 cm³/mol. The lowest BCUT2D eigenvalue weighted by atomic mass is 10.2. The average molecular weight is 326 g/mol. The molecule has 0 fully saturated rings. The zero-order valence-corrected chi connectivity index (χ0v) is 14.2. The average Bonchev–Trinajstić information content (AvgIpc) is 2.26. The Morgan fingerprint density at radius 3 is 2.25 bits per heavy atom. The lowest BCUT2D eigenvalue weighted by Gasteiger charge is -2.27. The van der Waals surface area contributed by atoms with E-state index in [2.05, 4.69) is 4.74 Å². The summed E-state index contributed by atoms with van der Waals surface area (Å²) in [6, 6.07) is 0. The predicted octanol–water partition coefficient (Wildman–Crippen LogP) is 3.47. The molecule has 0 amide bonds. The molecule has 0 radical (unpaired) electrons. The Kier molecular flexibility index (Phi) is 9.33. The normalized spacial score (nSPS) is 14.5. The molecule has 0 saturated heterocycles. The van der Waals surface area contributed by atoms with Crippen LogP contribution in [0.3, 0.4) is 0 Å². The van der Waals surface area contributed by atoms with E-state index < -0.39 is 23.2 Å². The van der Waals surface area contributed by atoms with E-state index in [-0.39, 0.29) is 17.4 Å². The van der Waals surface area contributed by atoms with Gasteiger partial charge in [-0.15, -0.1) is 0 Å². The first kappa shape index (κ1) is 19.6. The minimum atomic E-state index is -1.74. The third kappa shape index (κ3) is 9.50. The quantitative estimate of drug-likeness (QED) is 0.405. The van der Waals surface area contributed by atoms with Crippen LogP contribution in [0, 0.1) is 0 Å². The zero-order valence-electron chi connectivity index (χ0n) is 12.6. The Bertz CT molecular complexity index is 318. The summed E-state index contributed by atoms with van der Waals surface area (Å²) in [5, 5.41) is 0. The maximum atomic E-state index is 13.8. The smallest absolute Gasteiger partial charge is 0.340 e. The molecule has 4 nitrogen and oxygen atoms in total. The molecule has 0 aromatic rings. The van der Waals surface area contributed by atoms with Gasteiger partial charge in [-0.2, -0.15) is 0 Å². The second-order valence-corrected chi connectivity index (χ2v) is 6.68. The fourth-order valence-corrected chi connectivity index (χ4v) is 2.71. The molecule has 0 rings (SSSR count). The molecule has 0 aromatic heterocycles. The molecule has 118 valence electrons. The van der Waals surface area contributed by atoms with Gasteiger partial charge in [0.2, 0.25) is 10.6 Å². The summed E-state index contributed by atoms with van der Waals surface area (Å²) in [5.74, 6) is -0.877. The van der Waals surface area contributed by atoms with E-state index in [0.29, 0.717) is 6.61 Å². The van der Waals surface area contributed by atoms with Gasteiger partial charge in [0.05, 0.1) is 18.8 Å². The fourth-order valence-electron chi connectivity index (χ4n) is 1.27. The van der Waals surface area contributed by atoms with Crippen molar-refractivity contribution in [3.05, 3.63) is 0 Å². The molecule has 7 heteroatoms. The van der Waals surface area contributed by atoms with Crippen molar-refractivity contribution >= 4 is 34.3 Å². The van der Waals surface area contributed by atoms with E-state index in [1.54, 1.807) is 6.92 Å². The largest absolute Gasteiger partial charge is 0.479 e. The highest BCUT2D eigenvalue weighted by atomic mass is 32.2. The fraction of sp³-hybridized carbons (Fsp3) is 0.846. The van der Waals surface area contributed by atoms with Crippen molar-refractivity contribution in [3.63, 3.8) is 0 Å². The van der Waals surface area contributed by atoms with Crippen LogP contribution < -0.4 is 0 Å².